The van der Waals surface area contributed by atoms with Crippen LogP contribution in [-0.2, 0) is 6.42 Å². The van der Waals surface area contributed by atoms with E-state index in [1.54, 1.807) is 6.07 Å². The third-order valence-electron chi connectivity index (χ3n) is 2.42. The molecule has 0 aliphatic rings. The first-order valence-corrected chi connectivity index (χ1v) is 6.25. The summed E-state index contributed by atoms with van der Waals surface area (Å²) >= 11 is 0. The minimum atomic E-state index is 0.405. The Balaban J connectivity index is 2.20. The number of nitrogens with zero attached hydrogens (tertiary/aromatic N) is 2. The fourth-order valence-electron chi connectivity index (χ4n) is 1.62. The van der Waals surface area contributed by atoms with Gasteiger partial charge in [0, 0.05) is 18.6 Å². The summed E-state index contributed by atoms with van der Waals surface area (Å²) in [7, 11) is 0. The summed E-state index contributed by atoms with van der Waals surface area (Å²) < 4.78 is 11.1. The zero-order chi connectivity index (χ0) is 13.7. The number of ether oxygens (including phenoxy) is 2. The molecule has 0 amide bonds. The van der Waals surface area contributed by atoms with E-state index in [-0.39, 0.29) is 0 Å². The number of hydrogen-bond donors (Lipinski definition) is 1. The monoisotopic (exact) mass is 259 g/mol. The first-order chi connectivity index (χ1) is 9.21. The Hall–Kier alpha value is -2.30. The van der Waals surface area contributed by atoms with Gasteiger partial charge in [-0.15, -0.1) is 0 Å². The highest BCUT2D eigenvalue weighted by Crippen LogP contribution is 2.24. The van der Waals surface area contributed by atoms with Crippen molar-refractivity contribution in [1.82, 2.24) is 9.97 Å². The van der Waals surface area contributed by atoms with Gasteiger partial charge in [-0.25, -0.2) is 4.98 Å². The van der Waals surface area contributed by atoms with E-state index < -0.39 is 0 Å². The van der Waals surface area contributed by atoms with Gasteiger partial charge in [0.05, 0.1) is 6.61 Å². The van der Waals surface area contributed by atoms with Crippen molar-refractivity contribution in [2.45, 2.75) is 20.3 Å². The normalized spacial score (nSPS) is 10.2. The first-order valence-electron chi connectivity index (χ1n) is 6.25. The van der Waals surface area contributed by atoms with Crippen LogP contribution in [0.3, 0.4) is 0 Å². The van der Waals surface area contributed by atoms with Crippen molar-refractivity contribution in [2.75, 3.05) is 12.3 Å². The molecule has 0 unspecified atom stereocenters. The molecular weight excluding hydrogens is 242 g/mol. The van der Waals surface area contributed by atoms with Gasteiger partial charge in [-0.1, -0.05) is 13.0 Å². The van der Waals surface area contributed by atoms with Crippen LogP contribution in [-0.4, -0.2) is 16.6 Å². The topological polar surface area (TPSA) is 70.3 Å². The molecule has 0 saturated carbocycles. The van der Waals surface area contributed by atoms with Crippen molar-refractivity contribution in [3.8, 4) is 17.4 Å². The van der Waals surface area contributed by atoms with Gasteiger partial charge < -0.3 is 15.2 Å². The maximum atomic E-state index is 5.71. The van der Waals surface area contributed by atoms with E-state index >= 15 is 0 Å². The molecule has 0 atom stereocenters. The molecule has 100 valence electrons. The maximum absolute atomic E-state index is 5.71. The predicted octanol–water partition coefficient (Wildman–Crippen LogP) is 2.81. The quantitative estimate of drug-likeness (QED) is 0.894. The molecule has 2 N–H and O–H groups in total. The van der Waals surface area contributed by atoms with Crippen molar-refractivity contribution < 1.29 is 9.47 Å². The molecule has 1 heterocycles. The molecule has 2 rings (SSSR count). The smallest absolute Gasteiger partial charge is 0.224 e. The average molecular weight is 259 g/mol. The molecule has 0 bridgehead atoms. The number of nitrogens with two attached hydrogens (primary N) is 1. The standard InChI is InChI=1S/C14H17N3O2/c1-3-13-16-12(15)9-14(17-13)19-11-7-5-6-10(8-11)18-4-2/h5-9H,3-4H2,1-2H3,(H2,15,16,17). The second kappa shape index (κ2) is 6.04. The Kier molecular flexibility index (Phi) is 4.18. The Labute approximate surface area is 112 Å². The summed E-state index contributed by atoms with van der Waals surface area (Å²) in [5.74, 6) is 2.93. The SMILES string of the molecule is CCOc1cccc(Oc2cc(N)nc(CC)n2)c1. The summed E-state index contributed by atoms with van der Waals surface area (Å²) in [6.07, 6.45) is 0.709. The zero-order valence-corrected chi connectivity index (χ0v) is 11.1. The van der Waals surface area contributed by atoms with Gasteiger partial charge in [0.25, 0.3) is 0 Å². The van der Waals surface area contributed by atoms with E-state index in [0.29, 0.717) is 36.3 Å². The van der Waals surface area contributed by atoms with Crippen molar-refractivity contribution in [3.63, 3.8) is 0 Å². The third kappa shape index (κ3) is 3.58. The van der Waals surface area contributed by atoms with E-state index in [1.807, 2.05) is 38.1 Å². The summed E-state index contributed by atoms with van der Waals surface area (Å²) in [6.45, 7) is 4.52. The predicted molar refractivity (Wildman–Crippen MR) is 73.5 cm³/mol. The van der Waals surface area contributed by atoms with E-state index in [1.165, 1.54) is 0 Å². The second-order valence-electron chi connectivity index (χ2n) is 3.91. The lowest BCUT2D eigenvalue weighted by atomic mass is 10.3. The lowest BCUT2D eigenvalue weighted by molar-refractivity contribution is 0.338. The molecule has 0 aliphatic carbocycles. The lowest BCUT2D eigenvalue weighted by Gasteiger charge is -2.08. The molecule has 1 aromatic carbocycles. The van der Waals surface area contributed by atoms with Crippen LogP contribution in [0.4, 0.5) is 5.82 Å². The Morgan fingerprint density at radius 2 is 1.89 bits per heavy atom. The number of aromatic nitrogens is 2. The summed E-state index contributed by atoms with van der Waals surface area (Å²) in [5, 5.41) is 0. The molecule has 0 aliphatic heterocycles. The average Bonchev–Trinajstić information content (AvgIpc) is 2.39. The Bertz CT molecular complexity index is 558. The molecular formula is C14H17N3O2. The van der Waals surface area contributed by atoms with Gasteiger partial charge in [-0.2, -0.15) is 4.98 Å². The summed E-state index contributed by atoms with van der Waals surface area (Å²) in [6, 6.07) is 9.00. The third-order valence-corrected chi connectivity index (χ3v) is 2.42. The molecule has 0 saturated heterocycles. The molecule has 19 heavy (non-hydrogen) atoms. The zero-order valence-electron chi connectivity index (χ0n) is 11.1. The van der Waals surface area contributed by atoms with Crippen molar-refractivity contribution >= 4 is 5.82 Å². The molecule has 0 spiro atoms. The molecule has 0 fully saturated rings. The first kappa shape index (κ1) is 13.1. The van der Waals surface area contributed by atoms with Gasteiger partial charge in [-0.05, 0) is 19.1 Å². The highest BCUT2D eigenvalue weighted by atomic mass is 16.5. The Morgan fingerprint density at radius 1 is 1.11 bits per heavy atom. The van der Waals surface area contributed by atoms with E-state index in [9.17, 15) is 0 Å². The van der Waals surface area contributed by atoms with E-state index in [0.717, 1.165) is 5.75 Å². The van der Waals surface area contributed by atoms with Gasteiger partial charge in [0.15, 0.2) is 0 Å². The number of aryl methyl sites for hydroxylation is 1. The number of nitrogen functional groups attached to an aromatic ring is 1. The van der Waals surface area contributed by atoms with Crippen molar-refractivity contribution in [3.05, 3.63) is 36.2 Å². The van der Waals surface area contributed by atoms with Crippen LogP contribution < -0.4 is 15.2 Å². The van der Waals surface area contributed by atoms with Crippen LogP contribution in [0, 0.1) is 0 Å². The largest absolute Gasteiger partial charge is 0.494 e. The number of anilines is 1. The molecule has 0 radical (unpaired) electrons. The van der Waals surface area contributed by atoms with Crippen LogP contribution in [0.2, 0.25) is 0 Å². The molecule has 2 aromatic rings. The fraction of sp³-hybridized carbons (Fsp3) is 0.286. The highest BCUT2D eigenvalue weighted by molar-refractivity contribution is 5.38. The van der Waals surface area contributed by atoms with Crippen molar-refractivity contribution in [1.29, 1.82) is 0 Å². The molecule has 5 heteroatoms. The minimum absolute atomic E-state index is 0.405. The number of hydrogen-bond acceptors (Lipinski definition) is 5. The van der Waals surface area contributed by atoms with Gasteiger partial charge in [-0.3, -0.25) is 0 Å². The van der Waals surface area contributed by atoms with Crippen molar-refractivity contribution in [2.24, 2.45) is 0 Å². The van der Waals surface area contributed by atoms with Crippen LogP contribution in [0.5, 0.6) is 17.4 Å². The van der Waals surface area contributed by atoms with Crippen LogP contribution in [0.15, 0.2) is 30.3 Å². The highest BCUT2D eigenvalue weighted by Gasteiger charge is 2.04. The van der Waals surface area contributed by atoms with Crippen LogP contribution in [0.1, 0.15) is 19.7 Å². The Morgan fingerprint density at radius 3 is 2.63 bits per heavy atom. The number of benzene rings is 1. The second-order valence-corrected chi connectivity index (χ2v) is 3.91. The minimum Gasteiger partial charge on any atom is -0.494 e. The van der Waals surface area contributed by atoms with Gasteiger partial charge in [0.2, 0.25) is 5.88 Å². The molecule has 5 nitrogen and oxygen atoms in total. The molecule has 1 aromatic heterocycles. The van der Waals surface area contributed by atoms with E-state index in [2.05, 4.69) is 9.97 Å². The summed E-state index contributed by atoms with van der Waals surface area (Å²) in [5.41, 5.74) is 5.71. The van der Waals surface area contributed by atoms with Crippen LogP contribution >= 0.6 is 0 Å². The van der Waals surface area contributed by atoms with Gasteiger partial charge >= 0.3 is 0 Å². The maximum Gasteiger partial charge on any atom is 0.224 e. The fourth-order valence-corrected chi connectivity index (χ4v) is 1.62. The van der Waals surface area contributed by atoms with Gasteiger partial charge in [0.1, 0.15) is 23.1 Å². The van der Waals surface area contributed by atoms with Crippen LogP contribution in [0.25, 0.3) is 0 Å². The van der Waals surface area contributed by atoms with E-state index in [4.69, 9.17) is 15.2 Å². The lowest BCUT2D eigenvalue weighted by Crippen LogP contribution is -2.00. The number of rotatable bonds is 5. The summed E-state index contributed by atoms with van der Waals surface area (Å²) in [4.78, 5) is 8.37.